The fraction of sp³-hybridized carbons (Fsp3) is 0.467. The Morgan fingerprint density at radius 1 is 1.22 bits per heavy atom. The van der Waals surface area contributed by atoms with Crippen LogP contribution >= 0.6 is 0 Å². The SMILES string of the molecule is Cc1cccc(-n2nnn(C(=O)N3C[C@@H](C)O[C@@H](C)C3)c2=O)c1. The second-order valence-corrected chi connectivity index (χ2v) is 5.87. The van der Waals surface area contributed by atoms with Gasteiger partial charge in [0.2, 0.25) is 0 Å². The highest BCUT2D eigenvalue weighted by molar-refractivity contribution is 5.75. The molecule has 0 N–H and O–H groups in total. The van der Waals surface area contributed by atoms with E-state index in [-0.39, 0.29) is 12.2 Å². The molecule has 0 bridgehead atoms. The maximum Gasteiger partial charge on any atom is 0.377 e. The maximum atomic E-state index is 12.5. The summed E-state index contributed by atoms with van der Waals surface area (Å²) >= 11 is 0. The van der Waals surface area contributed by atoms with Crippen LogP contribution in [0.25, 0.3) is 5.69 Å². The van der Waals surface area contributed by atoms with Crippen molar-refractivity contribution in [3.8, 4) is 5.69 Å². The van der Waals surface area contributed by atoms with Gasteiger partial charge < -0.3 is 9.64 Å². The largest absolute Gasteiger partial charge is 0.377 e. The summed E-state index contributed by atoms with van der Waals surface area (Å²) in [6.45, 7) is 6.55. The van der Waals surface area contributed by atoms with Gasteiger partial charge in [0, 0.05) is 13.1 Å². The van der Waals surface area contributed by atoms with E-state index in [1.54, 1.807) is 11.0 Å². The number of nitrogens with zero attached hydrogens (tertiary/aromatic N) is 5. The number of carbonyl (C=O) groups is 1. The van der Waals surface area contributed by atoms with Gasteiger partial charge in [0.05, 0.1) is 17.9 Å². The van der Waals surface area contributed by atoms with Crippen LogP contribution in [-0.2, 0) is 4.74 Å². The number of hydrogen-bond acceptors (Lipinski definition) is 5. The van der Waals surface area contributed by atoms with Gasteiger partial charge in [-0.05, 0) is 48.9 Å². The molecule has 0 radical (unpaired) electrons. The van der Waals surface area contributed by atoms with Crippen molar-refractivity contribution in [3.63, 3.8) is 0 Å². The van der Waals surface area contributed by atoms with Gasteiger partial charge >= 0.3 is 11.7 Å². The summed E-state index contributed by atoms with van der Waals surface area (Å²) in [6, 6.07) is 6.82. The molecule has 2 atom stereocenters. The van der Waals surface area contributed by atoms with Crippen LogP contribution in [0.3, 0.4) is 0 Å². The first-order valence-corrected chi connectivity index (χ1v) is 7.52. The average molecular weight is 317 g/mol. The smallest absolute Gasteiger partial charge is 0.372 e. The zero-order chi connectivity index (χ0) is 16.6. The third-order valence-electron chi connectivity index (χ3n) is 3.70. The van der Waals surface area contributed by atoms with Gasteiger partial charge in [0.1, 0.15) is 0 Å². The summed E-state index contributed by atoms with van der Waals surface area (Å²) in [4.78, 5) is 26.6. The van der Waals surface area contributed by atoms with E-state index in [2.05, 4.69) is 10.4 Å². The van der Waals surface area contributed by atoms with Gasteiger partial charge in [0.15, 0.2) is 0 Å². The van der Waals surface area contributed by atoms with E-state index in [4.69, 9.17) is 4.74 Å². The molecule has 1 aromatic heterocycles. The molecule has 1 aliphatic heterocycles. The van der Waals surface area contributed by atoms with Crippen LogP contribution in [-0.4, -0.2) is 56.0 Å². The number of carbonyl (C=O) groups excluding carboxylic acids is 1. The number of amides is 1. The third-order valence-corrected chi connectivity index (χ3v) is 3.70. The number of hydrogen-bond donors (Lipinski definition) is 0. The second kappa shape index (κ2) is 5.96. The van der Waals surface area contributed by atoms with E-state index in [1.165, 1.54) is 0 Å². The minimum absolute atomic E-state index is 0.0785. The highest BCUT2D eigenvalue weighted by Crippen LogP contribution is 2.11. The molecule has 0 saturated carbocycles. The maximum absolute atomic E-state index is 12.5. The zero-order valence-electron chi connectivity index (χ0n) is 13.3. The van der Waals surface area contributed by atoms with Crippen LogP contribution in [0.2, 0.25) is 0 Å². The average Bonchev–Trinajstić information content (AvgIpc) is 2.87. The Balaban J connectivity index is 1.90. The van der Waals surface area contributed by atoms with Crippen LogP contribution < -0.4 is 5.69 Å². The van der Waals surface area contributed by atoms with Crippen molar-refractivity contribution in [2.75, 3.05) is 13.1 Å². The predicted octanol–water partition coefficient (Wildman–Crippen LogP) is 0.815. The summed E-state index contributed by atoms with van der Waals surface area (Å²) in [7, 11) is 0. The molecule has 1 fully saturated rings. The number of morpholine rings is 1. The van der Waals surface area contributed by atoms with E-state index >= 15 is 0 Å². The summed E-state index contributed by atoms with van der Waals surface area (Å²) in [5, 5.41) is 7.55. The minimum atomic E-state index is -0.576. The zero-order valence-corrected chi connectivity index (χ0v) is 13.3. The Hall–Kier alpha value is -2.48. The van der Waals surface area contributed by atoms with Crippen LogP contribution in [0.1, 0.15) is 19.4 Å². The highest BCUT2D eigenvalue weighted by Gasteiger charge is 2.29. The lowest BCUT2D eigenvalue weighted by molar-refractivity contribution is -0.0547. The number of rotatable bonds is 1. The molecule has 8 heteroatoms. The molecule has 1 aliphatic rings. The van der Waals surface area contributed by atoms with Gasteiger partial charge in [-0.15, -0.1) is 4.68 Å². The fourth-order valence-corrected chi connectivity index (χ4v) is 2.76. The van der Waals surface area contributed by atoms with E-state index in [9.17, 15) is 9.59 Å². The highest BCUT2D eigenvalue weighted by atomic mass is 16.5. The molecule has 2 heterocycles. The number of tetrazole rings is 1. The summed E-state index contributed by atoms with van der Waals surface area (Å²) in [5.41, 5.74) is 0.997. The lowest BCUT2D eigenvalue weighted by Crippen LogP contribution is -2.51. The molecule has 1 saturated heterocycles. The Morgan fingerprint density at radius 2 is 1.91 bits per heavy atom. The lowest BCUT2D eigenvalue weighted by Gasteiger charge is -2.34. The van der Waals surface area contributed by atoms with Gasteiger partial charge in [-0.1, -0.05) is 12.1 Å². The summed E-state index contributed by atoms with van der Waals surface area (Å²) < 4.78 is 7.52. The quantitative estimate of drug-likeness (QED) is 0.727. The van der Waals surface area contributed by atoms with Crippen molar-refractivity contribution in [3.05, 3.63) is 40.3 Å². The number of aryl methyl sites for hydroxylation is 1. The molecule has 0 aliphatic carbocycles. The monoisotopic (exact) mass is 317 g/mol. The van der Waals surface area contributed by atoms with Gasteiger partial charge in [-0.2, -0.15) is 4.68 Å². The van der Waals surface area contributed by atoms with E-state index < -0.39 is 11.7 Å². The molecule has 0 unspecified atom stereocenters. The number of ether oxygens (including phenoxy) is 1. The molecule has 1 aromatic carbocycles. The molecule has 1 amide bonds. The summed E-state index contributed by atoms with van der Waals surface area (Å²) in [6.07, 6.45) is -0.157. The van der Waals surface area contributed by atoms with Crippen LogP contribution in [0.5, 0.6) is 0 Å². The van der Waals surface area contributed by atoms with Crippen molar-refractivity contribution in [1.82, 2.24) is 24.7 Å². The topological polar surface area (TPSA) is 82.2 Å². The molecule has 8 nitrogen and oxygen atoms in total. The Kier molecular flexibility index (Phi) is 3.99. The predicted molar refractivity (Wildman–Crippen MR) is 82.7 cm³/mol. The van der Waals surface area contributed by atoms with Crippen LogP contribution in [0.15, 0.2) is 29.1 Å². The van der Waals surface area contributed by atoms with Crippen molar-refractivity contribution in [2.24, 2.45) is 0 Å². The number of benzene rings is 1. The Morgan fingerprint density at radius 3 is 2.57 bits per heavy atom. The standard InChI is InChI=1S/C15H19N5O3/c1-10-5-4-6-13(7-10)19-15(22)20(17-16-19)14(21)18-8-11(2)23-12(3)9-18/h4-7,11-12H,8-9H2,1-3H3/t11-,12+. The van der Waals surface area contributed by atoms with Crippen molar-refractivity contribution in [1.29, 1.82) is 0 Å². The number of aromatic nitrogens is 4. The first kappa shape index (κ1) is 15.4. The van der Waals surface area contributed by atoms with Crippen molar-refractivity contribution in [2.45, 2.75) is 33.0 Å². The second-order valence-electron chi connectivity index (χ2n) is 5.87. The van der Waals surface area contributed by atoms with E-state index in [0.29, 0.717) is 18.8 Å². The first-order valence-electron chi connectivity index (χ1n) is 7.52. The van der Waals surface area contributed by atoms with Crippen molar-refractivity contribution < 1.29 is 9.53 Å². The van der Waals surface area contributed by atoms with Crippen LogP contribution in [0, 0.1) is 6.92 Å². The lowest BCUT2D eigenvalue weighted by atomic mass is 10.2. The van der Waals surface area contributed by atoms with Gasteiger partial charge in [0.25, 0.3) is 0 Å². The van der Waals surface area contributed by atoms with Gasteiger partial charge in [-0.3, -0.25) is 0 Å². The minimum Gasteiger partial charge on any atom is -0.372 e. The van der Waals surface area contributed by atoms with E-state index in [0.717, 1.165) is 14.9 Å². The first-order chi connectivity index (χ1) is 11.0. The molecular weight excluding hydrogens is 298 g/mol. The molecule has 122 valence electrons. The van der Waals surface area contributed by atoms with Crippen LogP contribution in [0.4, 0.5) is 4.79 Å². The normalized spacial score (nSPS) is 21.4. The Bertz CT molecular complexity index is 771. The summed E-state index contributed by atoms with van der Waals surface area (Å²) in [5.74, 6) is 0. The van der Waals surface area contributed by atoms with E-state index in [1.807, 2.05) is 39.0 Å². The fourth-order valence-electron chi connectivity index (χ4n) is 2.76. The molecule has 3 rings (SSSR count). The molecule has 23 heavy (non-hydrogen) atoms. The van der Waals surface area contributed by atoms with Crippen molar-refractivity contribution >= 4 is 6.03 Å². The third kappa shape index (κ3) is 3.02. The van der Waals surface area contributed by atoms with Gasteiger partial charge in [-0.25, -0.2) is 9.59 Å². The molecular formula is C15H19N5O3. The molecule has 0 spiro atoms. The molecule has 2 aromatic rings. The Labute approximate surface area is 133 Å².